The molecule has 0 amide bonds. The van der Waals surface area contributed by atoms with Crippen molar-refractivity contribution < 1.29 is 4.74 Å². The van der Waals surface area contributed by atoms with E-state index in [2.05, 4.69) is 65.8 Å². The molecule has 0 radical (unpaired) electrons. The summed E-state index contributed by atoms with van der Waals surface area (Å²) in [6.07, 6.45) is 4.04. The Morgan fingerprint density at radius 2 is 1.86 bits per heavy atom. The number of para-hydroxylation sites is 1. The number of aryl methyl sites for hydroxylation is 1. The van der Waals surface area contributed by atoms with Crippen molar-refractivity contribution in [1.29, 1.82) is 0 Å². The zero-order valence-electron chi connectivity index (χ0n) is 16.7. The van der Waals surface area contributed by atoms with Gasteiger partial charge < -0.3 is 10.1 Å². The number of hydrogen-bond donors (Lipinski definition) is 1. The van der Waals surface area contributed by atoms with Crippen molar-refractivity contribution in [3.05, 3.63) is 72.1 Å². The average molecular weight is 383 g/mol. The summed E-state index contributed by atoms with van der Waals surface area (Å²) >= 11 is 0. The summed E-state index contributed by atoms with van der Waals surface area (Å²) in [4.78, 5) is 9.44. The lowest BCUT2D eigenvalue weighted by atomic mass is 9.96. The Morgan fingerprint density at radius 1 is 1.00 bits per heavy atom. The topological polar surface area (TPSA) is 47.0 Å². The second kappa shape index (κ2) is 7.90. The summed E-state index contributed by atoms with van der Waals surface area (Å²) in [5, 5.41) is 6.03. The molecule has 4 heteroatoms. The number of ether oxygens (including phenoxy) is 1. The van der Waals surface area contributed by atoms with E-state index in [1.54, 1.807) is 0 Å². The van der Waals surface area contributed by atoms with Gasteiger partial charge in [0.2, 0.25) is 0 Å². The zero-order valence-corrected chi connectivity index (χ0v) is 16.7. The molecular formula is C25H25N3O. The standard InChI is InChI=1S/C25H25N3O/c1-17-14-22(21-6-2-4-19-5-3-11-26-25(19)21)23-15-18(7-8-24(23)28-17)16-27-20-9-12-29-13-10-20/h2-8,11,14-15,20,27H,9-10,12-13,16H2,1H3. The Bertz CT molecular complexity index is 1160. The van der Waals surface area contributed by atoms with E-state index in [4.69, 9.17) is 9.72 Å². The van der Waals surface area contributed by atoms with E-state index in [1.807, 2.05) is 12.3 Å². The minimum Gasteiger partial charge on any atom is -0.381 e. The van der Waals surface area contributed by atoms with Crippen LogP contribution < -0.4 is 5.32 Å². The number of nitrogens with one attached hydrogen (secondary N) is 1. The molecule has 0 bridgehead atoms. The third-order valence-electron chi connectivity index (χ3n) is 5.74. The molecule has 0 saturated carbocycles. The van der Waals surface area contributed by atoms with Crippen LogP contribution in [0.1, 0.15) is 24.1 Å². The van der Waals surface area contributed by atoms with Gasteiger partial charge in [-0.3, -0.25) is 9.97 Å². The van der Waals surface area contributed by atoms with Gasteiger partial charge in [0.1, 0.15) is 0 Å². The molecule has 5 rings (SSSR count). The number of pyridine rings is 2. The van der Waals surface area contributed by atoms with Gasteiger partial charge >= 0.3 is 0 Å². The number of aromatic nitrogens is 2. The predicted octanol–water partition coefficient (Wildman–Crippen LogP) is 5.03. The van der Waals surface area contributed by atoms with Crippen molar-refractivity contribution >= 4 is 21.8 Å². The van der Waals surface area contributed by atoms with Crippen molar-refractivity contribution in [2.45, 2.75) is 32.4 Å². The number of fused-ring (bicyclic) bond motifs is 2. The lowest BCUT2D eigenvalue weighted by Crippen LogP contribution is -2.34. The number of rotatable bonds is 4. The first-order chi connectivity index (χ1) is 14.3. The summed E-state index contributed by atoms with van der Waals surface area (Å²) in [5.41, 5.74) is 6.73. The molecule has 146 valence electrons. The Hall–Kier alpha value is -2.82. The molecule has 0 aliphatic carbocycles. The van der Waals surface area contributed by atoms with Gasteiger partial charge in [-0.15, -0.1) is 0 Å². The van der Waals surface area contributed by atoms with E-state index < -0.39 is 0 Å². The molecule has 1 N–H and O–H groups in total. The van der Waals surface area contributed by atoms with Gasteiger partial charge in [0.05, 0.1) is 11.0 Å². The van der Waals surface area contributed by atoms with Gasteiger partial charge in [0, 0.05) is 54.0 Å². The fraction of sp³-hybridized carbons (Fsp3) is 0.280. The Morgan fingerprint density at radius 3 is 2.76 bits per heavy atom. The van der Waals surface area contributed by atoms with Crippen molar-refractivity contribution in [2.24, 2.45) is 0 Å². The highest BCUT2D eigenvalue weighted by atomic mass is 16.5. The lowest BCUT2D eigenvalue weighted by Gasteiger charge is -2.23. The molecule has 4 nitrogen and oxygen atoms in total. The molecule has 29 heavy (non-hydrogen) atoms. The Kier molecular flexibility index (Phi) is 4.96. The van der Waals surface area contributed by atoms with Crippen molar-refractivity contribution in [1.82, 2.24) is 15.3 Å². The Balaban J connectivity index is 1.57. The molecule has 1 aliphatic rings. The van der Waals surface area contributed by atoms with Gasteiger partial charge in [0.25, 0.3) is 0 Å². The monoisotopic (exact) mass is 383 g/mol. The minimum atomic E-state index is 0.539. The van der Waals surface area contributed by atoms with Crippen LogP contribution in [0.5, 0.6) is 0 Å². The molecule has 2 aromatic heterocycles. The summed E-state index contributed by atoms with van der Waals surface area (Å²) in [7, 11) is 0. The van der Waals surface area contributed by atoms with Crippen LogP contribution >= 0.6 is 0 Å². The second-order valence-corrected chi connectivity index (χ2v) is 7.81. The van der Waals surface area contributed by atoms with Crippen LogP contribution in [0.15, 0.2) is 60.8 Å². The van der Waals surface area contributed by atoms with Gasteiger partial charge in [-0.1, -0.05) is 30.3 Å². The van der Waals surface area contributed by atoms with E-state index in [0.717, 1.165) is 60.3 Å². The maximum atomic E-state index is 5.47. The van der Waals surface area contributed by atoms with Crippen LogP contribution in [0.3, 0.4) is 0 Å². The van der Waals surface area contributed by atoms with Gasteiger partial charge in [-0.25, -0.2) is 0 Å². The highest BCUT2D eigenvalue weighted by molar-refractivity contribution is 6.03. The number of nitrogens with zero attached hydrogens (tertiary/aromatic N) is 2. The molecule has 1 saturated heterocycles. The number of hydrogen-bond acceptors (Lipinski definition) is 4. The van der Waals surface area contributed by atoms with E-state index in [1.165, 1.54) is 16.5 Å². The third-order valence-corrected chi connectivity index (χ3v) is 5.74. The van der Waals surface area contributed by atoms with Crippen LogP contribution in [-0.2, 0) is 11.3 Å². The third kappa shape index (κ3) is 3.74. The highest BCUT2D eigenvalue weighted by Crippen LogP contribution is 2.33. The van der Waals surface area contributed by atoms with E-state index in [-0.39, 0.29) is 0 Å². The van der Waals surface area contributed by atoms with Crippen LogP contribution in [0.4, 0.5) is 0 Å². The molecule has 3 heterocycles. The van der Waals surface area contributed by atoms with E-state index >= 15 is 0 Å². The first-order valence-corrected chi connectivity index (χ1v) is 10.3. The molecule has 4 aromatic rings. The zero-order chi connectivity index (χ0) is 19.6. The van der Waals surface area contributed by atoms with Gasteiger partial charge in [0.15, 0.2) is 0 Å². The van der Waals surface area contributed by atoms with Crippen LogP contribution in [-0.4, -0.2) is 29.2 Å². The largest absolute Gasteiger partial charge is 0.381 e. The summed E-state index contributed by atoms with van der Waals surface area (Å²) in [6, 6.07) is 19.8. The van der Waals surface area contributed by atoms with Gasteiger partial charge in [-0.2, -0.15) is 0 Å². The SMILES string of the molecule is Cc1cc(-c2cccc3cccnc23)c2cc(CNC3CCOCC3)ccc2n1. The number of benzene rings is 2. The van der Waals surface area contributed by atoms with Crippen molar-refractivity contribution in [3.63, 3.8) is 0 Å². The first-order valence-electron chi connectivity index (χ1n) is 10.3. The molecular weight excluding hydrogens is 358 g/mol. The highest BCUT2D eigenvalue weighted by Gasteiger charge is 2.14. The fourth-order valence-corrected chi connectivity index (χ4v) is 4.22. The molecule has 1 aliphatic heterocycles. The van der Waals surface area contributed by atoms with E-state index in [0.29, 0.717) is 6.04 Å². The molecule has 1 fully saturated rings. The van der Waals surface area contributed by atoms with Crippen molar-refractivity contribution in [3.8, 4) is 11.1 Å². The predicted molar refractivity (Wildman–Crippen MR) is 118 cm³/mol. The second-order valence-electron chi connectivity index (χ2n) is 7.81. The Labute approximate surface area is 171 Å². The normalized spacial score (nSPS) is 15.2. The maximum absolute atomic E-state index is 5.47. The maximum Gasteiger partial charge on any atom is 0.0780 e. The first kappa shape index (κ1) is 18.2. The molecule has 0 unspecified atom stereocenters. The summed E-state index contributed by atoms with van der Waals surface area (Å²) in [6.45, 7) is 4.64. The van der Waals surface area contributed by atoms with Gasteiger partial charge in [-0.05, 0) is 55.2 Å². The van der Waals surface area contributed by atoms with Crippen molar-refractivity contribution in [2.75, 3.05) is 13.2 Å². The quantitative estimate of drug-likeness (QED) is 0.537. The fourth-order valence-electron chi connectivity index (χ4n) is 4.22. The molecule has 0 spiro atoms. The van der Waals surface area contributed by atoms with Crippen LogP contribution in [0.2, 0.25) is 0 Å². The smallest absolute Gasteiger partial charge is 0.0780 e. The molecule has 0 atom stereocenters. The summed E-state index contributed by atoms with van der Waals surface area (Å²) < 4.78 is 5.47. The van der Waals surface area contributed by atoms with Crippen LogP contribution in [0, 0.1) is 6.92 Å². The average Bonchev–Trinajstić information content (AvgIpc) is 2.77. The van der Waals surface area contributed by atoms with E-state index in [9.17, 15) is 0 Å². The minimum absolute atomic E-state index is 0.539. The van der Waals surface area contributed by atoms with Crippen LogP contribution in [0.25, 0.3) is 32.9 Å². The molecule has 2 aromatic carbocycles. The summed E-state index contributed by atoms with van der Waals surface area (Å²) in [5.74, 6) is 0. The lowest BCUT2D eigenvalue weighted by molar-refractivity contribution is 0.0776.